The number of benzene rings is 1. The predicted molar refractivity (Wildman–Crippen MR) is 52.6 cm³/mol. The first-order chi connectivity index (χ1) is 5.88. The Morgan fingerprint density at radius 3 is 3.00 bits per heavy atom. The Morgan fingerprint density at radius 1 is 1.25 bits per heavy atom. The standard InChI is InChI=1S/C11H11N/c1-9-11-7-3-2-5-10(11)6-4-8-12-9/h2-7H,8H2,1H3. The lowest BCUT2D eigenvalue weighted by molar-refractivity contribution is 1.25. The Kier molecular flexibility index (Phi) is 1.78. The number of fused-ring (bicyclic) bond motifs is 1. The summed E-state index contributed by atoms with van der Waals surface area (Å²) in [5.74, 6) is 0. The van der Waals surface area contributed by atoms with Crippen LogP contribution >= 0.6 is 0 Å². The summed E-state index contributed by atoms with van der Waals surface area (Å²) in [4.78, 5) is 4.39. The summed E-state index contributed by atoms with van der Waals surface area (Å²) >= 11 is 0. The lowest BCUT2D eigenvalue weighted by atomic mass is 10.0. The van der Waals surface area contributed by atoms with E-state index >= 15 is 0 Å². The van der Waals surface area contributed by atoms with E-state index in [-0.39, 0.29) is 0 Å². The van der Waals surface area contributed by atoms with Gasteiger partial charge in [0.05, 0.1) is 6.54 Å². The second-order valence-electron chi connectivity index (χ2n) is 2.92. The van der Waals surface area contributed by atoms with Crippen molar-refractivity contribution in [2.75, 3.05) is 6.54 Å². The van der Waals surface area contributed by atoms with Gasteiger partial charge in [0, 0.05) is 11.3 Å². The number of hydrogen-bond donors (Lipinski definition) is 0. The quantitative estimate of drug-likeness (QED) is 0.548. The summed E-state index contributed by atoms with van der Waals surface area (Å²) in [6.45, 7) is 2.87. The van der Waals surface area contributed by atoms with Gasteiger partial charge in [-0.1, -0.05) is 36.4 Å². The van der Waals surface area contributed by atoms with Crippen molar-refractivity contribution in [1.29, 1.82) is 0 Å². The van der Waals surface area contributed by atoms with Crippen molar-refractivity contribution >= 4 is 11.8 Å². The lowest BCUT2D eigenvalue weighted by Crippen LogP contribution is -1.96. The van der Waals surface area contributed by atoms with Crippen molar-refractivity contribution in [2.24, 2.45) is 4.99 Å². The Bertz CT molecular complexity index is 348. The number of rotatable bonds is 0. The summed E-state index contributed by atoms with van der Waals surface area (Å²) in [5.41, 5.74) is 3.66. The second-order valence-corrected chi connectivity index (χ2v) is 2.92. The topological polar surface area (TPSA) is 12.4 Å². The van der Waals surface area contributed by atoms with E-state index in [9.17, 15) is 0 Å². The fourth-order valence-electron chi connectivity index (χ4n) is 1.43. The third-order valence-corrected chi connectivity index (χ3v) is 2.08. The van der Waals surface area contributed by atoms with E-state index in [1.165, 1.54) is 11.1 Å². The van der Waals surface area contributed by atoms with Gasteiger partial charge in [0.1, 0.15) is 0 Å². The van der Waals surface area contributed by atoms with Crippen LogP contribution in [0, 0.1) is 0 Å². The van der Waals surface area contributed by atoms with Crippen LogP contribution in [0.25, 0.3) is 6.08 Å². The van der Waals surface area contributed by atoms with Gasteiger partial charge in [-0.25, -0.2) is 0 Å². The average Bonchev–Trinajstić information content (AvgIpc) is 2.29. The molecule has 1 aliphatic heterocycles. The highest BCUT2D eigenvalue weighted by Crippen LogP contribution is 2.14. The molecule has 1 aromatic carbocycles. The molecule has 1 nitrogen and oxygen atoms in total. The first-order valence-corrected chi connectivity index (χ1v) is 4.15. The van der Waals surface area contributed by atoms with Gasteiger partial charge >= 0.3 is 0 Å². The molecule has 0 unspecified atom stereocenters. The maximum Gasteiger partial charge on any atom is 0.0576 e. The maximum absolute atomic E-state index is 4.39. The van der Waals surface area contributed by atoms with Crippen molar-refractivity contribution in [3.05, 3.63) is 41.5 Å². The van der Waals surface area contributed by atoms with E-state index in [0.717, 1.165) is 12.3 Å². The van der Waals surface area contributed by atoms with E-state index in [1.54, 1.807) is 0 Å². The minimum absolute atomic E-state index is 0.806. The van der Waals surface area contributed by atoms with Crippen molar-refractivity contribution in [1.82, 2.24) is 0 Å². The molecule has 0 fully saturated rings. The molecule has 0 saturated heterocycles. The Hall–Kier alpha value is -1.37. The lowest BCUT2D eigenvalue weighted by Gasteiger charge is -2.01. The highest BCUT2D eigenvalue weighted by atomic mass is 14.7. The zero-order valence-corrected chi connectivity index (χ0v) is 7.12. The van der Waals surface area contributed by atoms with Crippen molar-refractivity contribution in [2.45, 2.75) is 6.92 Å². The molecule has 0 atom stereocenters. The van der Waals surface area contributed by atoms with Gasteiger partial charge in [-0.05, 0) is 12.5 Å². The molecule has 0 bridgehead atoms. The first kappa shape index (κ1) is 7.29. The maximum atomic E-state index is 4.39. The van der Waals surface area contributed by atoms with E-state index < -0.39 is 0 Å². The molecule has 0 aliphatic carbocycles. The van der Waals surface area contributed by atoms with Gasteiger partial charge < -0.3 is 0 Å². The third-order valence-electron chi connectivity index (χ3n) is 2.08. The number of nitrogens with zero attached hydrogens (tertiary/aromatic N) is 1. The van der Waals surface area contributed by atoms with Gasteiger partial charge in [-0.15, -0.1) is 0 Å². The van der Waals surface area contributed by atoms with Crippen LogP contribution in [0.1, 0.15) is 18.1 Å². The molecule has 0 N–H and O–H groups in total. The van der Waals surface area contributed by atoms with Crippen LogP contribution in [0.3, 0.4) is 0 Å². The molecule has 0 saturated carbocycles. The van der Waals surface area contributed by atoms with Crippen LogP contribution in [0.15, 0.2) is 35.3 Å². The van der Waals surface area contributed by atoms with Crippen LogP contribution in [-0.4, -0.2) is 12.3 Å². The number of hydrogen-bond acceptors (Lipinski definition) is 1. The molecule has 60 valence electrons. The van der Waals surface area contributed by atoms with Crippen LogP contribution < -0.4 is 0 Å². The zero-order chi connectivity index (χ0) is 8.39. The molecule has 1 heterocycles. The SMILES string of the molecule is CC1=NCC=Cc2ccccc21. The molecular weight excluding hydrogens is 146 g/mol. The minimum Gasteiger partial charge on any atom is -0.285 e. The van der Waals surface area contributed by atoms with Crippen LogP contribution in [0.2, 0.25) is 0 Å². The van der Waals surface area contributed by atoms with Gasteiger partial charge in [0.25, 0.3) is 0 Å². The van der Waals surface area contributed by atoms with Gasteiger partial charge in [0.15, 0.2) is 0 Å². The molecule has 12 heavy (non-hydrogen) atoms. The summed E-state index contributed by atoms with van der Waals surface area (Å²) < 4.78 is 0. The largest absolute Gasteiger partial charge is 0.285 e. The smallest absolute Gasteiger partial charge is 0.0576 e. The van der Waals surface area contributed by atoms with Crippen LogP contribution in [0.4, 0.5) is 0 Å². The van der Waals surface area contributed by atoms with Gasteiger partial charge in [0.2, 0.25) is 0 Å². The van der Waals surface area contributed by atoms with E-state index in [0.29, 0.717) is 0 Å². The molecule has 1 aliphatic rings. The van der Waals surface area contributed by atoms with Crippen molar-refractivity contribution in [3.63, 3.8) is 0 Å². The molecule has 1 aromatic rings. The molecular formula is C11H11N. The molecule has 2 rings (SSSR count). The van der Waals surface area contributed by atoms with Gasteiger partial charge in [-0.2, -0.15) is 0 Å². The minimum atomic E-state index is 0.806. The fourth-order valence-corrected chi connectivity index (χ4v) is 1.43. The normalized spacial score (nSPS) is 14.9. The second kappa shape index (κ2) is 2.94. The summed E-state index contributed by atoms with van der Waals surface area (Å²) in [5, 5.41) is 0. The molecule has 1 heteroatoms. The van der Waals surface area contributed by atoms with Crippen molar-refractivity contribution in [3.8, 4) is 0 Å². The van der Waals surface area contributed by atoms with Crippen molar-refractivity contribution < 1.29 is 0 Å². The molecule has 0 spiro atoms. The summed E-state index contributed by atoms with van der Waals surface area (Å²) in [7, 11) is 0. The van der Waals surface area contributed by atoms with Crippen LogP contribution in [-0.2, 0) is 0 Å². The van der Waals surface area contributed by atoms with Gasteiger partial charge in [-0.3, -0.25) is 4.99 Å². The molecule has 0 amide bonds. The average molecular weight is 157 g/mol. The zero-order valence-electron chi connectivity index (χ0n) is 7.12. The summed E-state index contributed by atoms with van der Waals surface area (Å²) in [6, 6.07) is 8.35. The molecule has 0 aromatic heterocycles. The highest BCUT2D eigenvalue weighted by molar-refractivity contribution is 6.02. The van der Waals surface area contributed by atoms with E-state index in [4.69, 9.17) is 0 Å². The number of aliphatic imine (C=N–C) groups is 1. The predicted octanol–water partition coefficient (Wildman–Crippen LogP) is 2.52. The Balaban J connectivity index is 2.62. The summed E-state index contributed by atoms with van der Waals surface area (Å²) in [6.07, 6.45) is 4.23. The van der Waals surface area contributed by atoms with Crippen LogP contribution in [0.5, 0.6) is 0 Å². The van der Waals surface area contributed by atoms with E-state index in [1.807, 2.05) is 0 Å². The monoisotopic (exact) mass is 157 g/mol. The first-order valence-electron chi connectivity index (χ1n) is 4.15. The third kappa shape index (κ3) is 1.18. The highest BCUT2D eigenvalue weighted by Gasteiger charge is 2.03. The Labute approximate surface area is 72.5 Å². The fraction of sp³-hybridized carbons (Fsp3) is 0.182. The molecule has 0 radical (unpaired) electrons. The Morgan fingerprint density at radius 2 is 2.08 bits per heavy atom. The van der Waals surface area contributed by atoms with E-state index in [2.05, 4.69) is 48.3 Å².